The minimum Gasteiger partial charge on any atom is -0.329 e. The first-order chi connectivity index (χ1) is 7.21. The van der Waals surface area contributed by atoms with Crippen LogP contribution in [0.3, 0.4) is 0 Å². The van der Waals surface area contributed by atoms with Crippen LogP contribution in [0.5, 0.6) is 0 Å². The molecule has 2 unspecified atom stereocenters. The van der Waals surface area contributed by atoms with Crippen LogP contribution in [0, 0.1) is 12.3 Å². The Morgan fingerprint density at radius 1 is 1.60 bits per heavy atom. The minimum atomic E-state index is 0.0609. The van der Waals surface area contributed by atoms with Gasteiger partial charge in [-0.2, -0.15) is 0 Å². The summed E-state index contributed by atoms with van der Waals surface area (Å²) in [5.74, 6) is 2.66. The van der Waals surface area contributed by atoms with E-state index < -0.39 is 0 Å². The molecule has 15 heavy (non-hydrogen) atoms. The number of rotatable bonds is 5. The predicted molar refractivity (Wildman–Crippen MR) is 66.9 cm³/mol. The lowest BCUT2D eigenvalue weighted by atomic mass is 10.2. The quantitative estimate of drug-likeness (QED) is 0.747. The molecule has 0 amide bonds. The van der Waals surface area contributed by atoms with Crippen LogP contribution in [0.15, 0.2) is 12.1 Å². The second-order valence-corrected chi connectivity index (χ2v) is 4.70. The smallest absolute Gasteiger partial charge is 0.0663 e. The highest BCUT2D eigenvalue weighted by molar-refractivity contribution is 7.12. The van der Waals surface area contributed by atoms with E-state index in [1.807, 2.05) is 6.92 Å². The van der Waals surface area contributed by atoms with Crippen molar-refractivity contribution >= 4 is 11.3 Å². The first-order valence-corrected chi connectivity index (χ1v) is 6.03. The molecule has 1 heterocycles. The van der Waals surface area contributed by atoms with E-state index in [4.69, 9.17) is 12.2 Å². The van der Waals surface area contributed by atoms with Crippen LogP contribution in [-0.4, -0.2) is 12.6 Å². The summed E-state index contributed by atoms with van der Waals surface area (Å²) in [4.78, 5) is 2.66. The largest absolute Gasteiger partial charge is 0.329 e. The third-order valence-electron chi connectivity index (χ3n) is 2.31. The molecule has 1 aromatic heterocycles. The van der Waals surface area contributed by atoms with Crippen molar-refractivity contribution in [2.75, 3.05) is 6.54 Å². The Hall–Kier alpha value is -0.820. The second-order valence-electron chi connectivity index (χ2n) is 3.50. The lowest BCUT2D eigenvalue weighted by Gasteiger charge is -2.17. The van der Waals surface area contributed by atoms with E-state index in [0.717, 1.165) is 6.42 Å². The molecule has 0 saturated heterocycles. The van der Waals surface area contributed by atoms with Gasteiger partial charge in [0.2, 0.25) is 0 Å². The monoisotopic (exact) mass is 222 g/mol. The standard InChI is InChI=1S/C12H18N2S/c1-4-9(3)14-11(8-13)12-7-6-10(5-2)15-12/h1,6-7,9,11,14H,5,8,13H2,2-3H3. The molecular formula is C12H18N2S. The zero-order valence-corrected chi connectivity index (χ0v) is 10.1. The topological polar surface area (TPSA) is 38.0 Å². The highest BCUT2D eigenvalue weighted by Gasteiger charge is 2.13. The summed E-state index contributed by atoms with van der Waals surface area (Å²) in [7, 11) is 0. The Balaban J connectivity index is 2.70. The molecule has 0 aromatic carbocycles. The maximum absolute atomic E-state index is 5.73. The van der Waals surface area contributed by atoms with Gasteiger partial charge in [-0.25, -0.2) is 0 Å². The molecular weight excluding hydrogens is 204 g/mol. The van der Waals surface area contributed by atoms with Crippen LogP contribution in [0.1, 0.15) is 29.6 Å². The molecule has 0 saturated carbocycles. The number of nitrogens with two attached hydrogens (primary N) is 1. The summed E-state index contributed by atoms with van der Waals surface area (Å²) >= 11 is 1.81. The van der Waals surface area contributed by atoms with Crippen LogP contribution in [0.4, 0.5) is 0 Å². The molecule has 82 valence electrons. The van der Waals surface area contributed by atoms with Gasteiger partial charge < -0.3 is 5.73 Å². The number of hydrogen-bond acceptors (Lipinski definition) is 3. The van der Waals surface area contributed by atoms with E-state index in [1.165, 1.54) is 9.75 Å². The van der Waals surface area contributed by atoms with Crippen molar-refractivity contribution < 1.29 is 0 Å². The molecule has 0 aliphatic heterocycles. The summed E-state index contributed by atoms with van der Waals surface area (Å²) in [6.07, 6.45) is 6.41. The second kappa shape index (κ2) is 5.92. The number of aryl methyl sites for hydroxylation is 1. The van der Waals surface area contributed by atoms with Gasteiger partial charge in [0.1, 0.15) is 0 Å². The average Bonchev–Trinajstić information content (AvgIpc) is 2.73. The molecule has 0 bridgehead atoms. The molecule has 1 aromatic rings. The zero-order chi connectivity index (χ0) is 11.3. The van der Waals surface area contributed by atoms with Gasteiger partial charge in [0, 0.05) is 16.3 Å². The Morgan fingerprint density at radius 3 is 2.80 bits per heavy atom. The Kier molecular flexibility index (Phi) is 4.83. The van der Waals surface area contributed by atoms with Gasteiger partial charge in [-0.15, -0.1) is 17.8 Å². The first-order valence-electron chi connectivity index (χ1n) is 5.22. The highest BCUT2D eigenvalue weighted by atomic mass is 32.1. The van der Waals surface area contributed by atoms with Crippen molar-refractivity contribution in [1.29, 1.82) is 0 Å². The van der Waals surface area contributed by atoms with Crippen LogP contribution >= 0.6 is 11.3 Å². The van der Waals surface area contributed by atoms with Crippen molar-refractivity contribution in [1.82, 2.24) is 5.32 Å². The molecule has 0 radical (unpaired) electrons. The average molecular weight is 222 g/mol. The maximum Gasteiger partial charge on any atom is 0.0663 e. The normalized spacial score (nSPS) is 14.5. The summed E-state index contributed by atoms with van der Waals surface area (Å²) in [6.45, 7) is 4.71. The van der Waals surface area contributed by atoms with Gasteiger partial charge in [-0.3, -0.25) is 5.32 Å². The van der Waals surface area contributed by atoms with Gasteiger partial charge in [-0.1, -0.05) is 12.8 Å². The van der Waals surface area contributed by atoms with Gasteiger partial charge in [0.15, 0.2) is 0 Å². The van der Waals surface area contributed by atoms with Gasteiger partial charge >= 0.3 is 0 Å². The third kappa shape index (κ3) is 3.35. The fraction of sp³-hybridized carbons (Fsp3) is 0.500. The van der Waals surface area contributed by atoms with E-state index in [9.17, 15) is 0 Å². The summed E-state index contributed by atoms with van der Waals surface area (Å²) in [6, 6.07) is 4.54. The van der Waals surface area contributed by atoms with Crippen LogP contribution in [0.2, 0.25) is 0 Å². The molecule has 1 rings (SSSR count). The lowest BCUT2D eigenvalue weighted by Crippen LogP contribution is -2.33. The predicted octanol–water partition coefficient (Wildman–Crippen LogP) is 1.92. The minimum absolute atomic E-state index is 0.0609. The molecule has 2 atom stereocenters. The maximum atomic E-state index is 5.73. The van der Waals surface area contributed by atoms with E-state index >= 15 is 0 Å². The number of hydrogen-bond donors (Lipinski definition) is 2. The van der Waals surface area contributed by atoms with E-state index in [-0.39, 0.29) is 12.1 Å². The van der Waals surface area contributed by atoms with Crippen LogP contribution in [-0.2, 0) is 6.42 Å². The van der Waals surface area contributed by atoms with Crippen molar-refractivity contribution in [2.45, 2.75) is 32.4 Å². The number of nitrogens with one attached hydrogen (secondary N) is 1. The summed E-state index contributed by atoms with van der Waals surface area (Å²) in [5, 5.41) is 3.32. The third-order valence-corrected chi connectivity index (χ3v) is 3.65. The molecule has 3 N–H and O–H groups in total. The summed E-state index contributed by atoms with van der Waals surface area (Å²) < 4.78 is 0. The highest BCUT2D eigenvalue weighted by Crippen LogP contribution is 2.23. The van der Waals surface area contributed by atoms with E-state index in [0.29, 0.717) is 6.54 Å². The lowest BCUT2D eigenvalue weighted by molar-refractivity contribution is 0.525. The number of terminal acetylenes is 1. The van der Waals surface area contributed by atoms with E-state index in [1.54, 1.807) is 11.3 Å². The van der Waals surface area contributed by atoms with Crippen LogP contribution in [0.25, 0.3) is 0 Å². The molecule has 0 aliphatic carbocycles. The molecule has 3 heteroatoms. The van der Waals surface area contributed by atoms with Crippen molar-refractivity contribution in [2.24, 2.45) is 5.73 Å². The SMILES string of the molecule is C#CC(C)NC(CN)c1ccc(CC)s1. The Labute approximate surface area is 95.9 Å². The van der Waals surface area contributed by atoms with Crippen molar-refractivity contribution in [3.8, 4) is 12.3 Å². The molecule has 0 fully saturated rings. The molecule has 0 spiro atoms. The number of thiophene rings is 1. The van der Waals surface area contributed by atoms with E-state index in [2.05, 4.69) is 30.3 Å². The first kappa shape index (κ1) is 12.3. The van der Waals surface area contributed by atoms with Crippen molar-refractivity contribution in [3.05, 3.63) is 21.9 Å². The van der Waals surface area contributed by atoms with Gasteiger partial charge in [-0.05, 0) is 25.5 Å². The van der Waals surface area contributed by atoms with Crippen LogP contribution < -0.4 is 11.1 Å². The molecule has 0 aliphatic rings. The molecule has 2 nitrogen and oxygen atoms in total. The summed E-state index contributed by atoms with van der Waals surface area (Å²) in [5.41, 5.74) is 5.73. The Morgan fingerprint density at radius 2 is 2.33 bits per heavy atom. The zero-order valence-electron chi connectivity index (χ0n) is 9.29. The fourth-order valence-electron chi connectivity index (χ4n) is 1.39. The Bertz CT molecular complexity index is 338. The fourth-order valence-corrected chi connectivity index (χ4v) is 2.41. The van der Waals surface area contributed by atoms with Gasteiger partial charge in [0.05, 0.1) is 12.1 Å². The van der Waals surface area contributed by atoms with Gasteiger partial charge in [0.25, 0.3) is 0 Å². The van der Waals surface area contributed by atoms with Crippen molar-refractivity contribution in [3.63, 3.8) is 0 Å².